The van der Waals surface area contributed by atoms with Crippen LogP contribution >= 0.6 is 0 Å². The van der Waals surface area contributed by atoms with Crippen molar-refractivity contribution in [2.45, 2.75) is 53.0 Å². The summed E-state index contributed by atoms with van der Waals surface area (Å²) in [6, 6.07) is 0.0755. The lowest BCUT2D eigenvalue weighted by Crippen LogP contribution is -2.41. The second-order valence-corrected chi connectivity index (χ2v) is 6.10. The fraction of sp³-hybridized carbons (Fsp3) is 0.929. The quantitative estimate of drug-likeness (QED) is 0.773. The molecule has 3 N–H and O–H groups in total. The van der Waals surface area contributed by atoms with Crippen molar-refractivity contribution in [2.24, 2.45) is 29.4 Å². The molecule has 1 amide bonds. The van der Waals surface area contributed by atoms with Crippen LogP contribution in [-0.2, 0) is 4.79 Å². The molecular weight excluding hydrogens is 212 g/mol. The van der Waals surface area contributed by atoms with Gasteiger partial charge in [0, 0.05) is 12.6 Å². The maximum absolute atomic E-state index is 12.0. The molecule has 1 aliphatic rings. The minimum absolute atomic E-state index is 0.0509. The summed E-state index contributed by atoms with van der Waals surface area (Å²) in [4.78, 5) is 12.0. The van der Waals surface area contributed by atoms with Gasteiger partial charge < -0.3 is 11.1 Å². The van der Waals surface area contributed by atoms with Crippen molar-refractivity contribution in [3.63, 3.8) is 0 Å². The van der Waals surface area contributed by atoms with Crippen LogP contribution in [0.15, 0.2) is 0 Å². The first-order chi connectivity index (χ1) is 7.93. The fourth-order valence-electron chi connectivity index (χ4n) is 2.90. The van der Waals surface area contributed by atoms with Gasteiger partial charge in [-0.25, -0.2) is 0 Å². The molecule has 17 heavy (non-hydrogen) atoms. The van der Waals surface area contributed by atoms with Crippen molar-refractivity contribution in [1.29, 1.82) is 0 Å². The van der Waals surface area contributed by atoms with Gasteiger partial charge >= 0.3 is 0 Å². The SMILES string of the molecule is CC(C)C(CNC(=O)C1CCCC1N)C(C)C. The molecule has 0 aromatic heterocycles. The van der Waals surface area contributed by atoms with Crippen LogP contribution in [0.5, 0.6) is 0 Å². The van der Waals surface area contributed by atoms with Crippen molar-refractivity contribution in [3.8, 4) is 0 Å². The molecule has 0 saturated heterocycles. The van der Waals surface area contributed by atoms with Crippen LogP contribution in [0, 0.1) is 23.7 Å². The second-order valence-electron chi connectivity index (χ2n) is 6.10. The third-order valence-corrected chi connectivity index (χ3v) is 4.13. The van der Waals surface area contributed by atoms with Gasteiger partial charge in [-0.15, -0.1) is 0 Å². The molecule has 0 radical (unpaired) electrons. The lowest BCUT2D eigenvalue weighted by molar-refractivity contribution is -0.125. The number of hydrogen-bond donors (Lipinski definition) is 2. The molecule has 0 spiro atoms. The summed E-state index contributed by atoms with van der Waals surface area (Å²) in [5.41, 5.74) is 5.95. The van der Waals surface area contributed by atoms with Crippen LogP contribution in [0.3, 0.4) is 0 Å². The highest BCUT2D eigenvalue weighted by Gasteiger charge is 2.30. The van der Waals surface area contributed by atoms with E-state index in [0.29, 0.717) is 17.8 Å². The Kier molecular flexibility index (Phi) is 5.44. The highest BCUT2D eigenvalue weighted by molar-refractivity contribution is 5.79. The van der Waals surface area contributed by atoms with Crippen LogP contribution in [0.1, 0.15) is 47.0 Å². The first-order valence-corrected chi connectivity index (χ1v) is 6.96. The van der Waals surface area contributed by atoms with Crippen LogP contribution in [0.4, 0.5) is 0 Å². The molecule has 3 nitrogen and oxygen atoms in total. The van der Waals surface area contributed by atoms with E-state index in [4.69, 9.17) is 5.73 Å². The molecule has 1 rings (SSSR count). The number of nitrogens with two attached hydrogens (primary N) is 1. The van der Waals surface area contributed by atoms with Gasteiger partial charge in [0.05, 0.1) is 5.92 Å². The molecule has 100 valence electrons. The molecule has 0 bridgehead atoms. The van der Waals surface area contributed by atoms with Crippen molar-refractivity contribution in [3.05, 3.63) is 0 Å². The third-order valence-electron chi connectivity index (χ3n) is 4.13. The maximum Gasteiger partial charge on any atom is 0.224 e. The lowest BCUT2D eigenvalue weighted by atomic mass is 9.85. The van der Waals surface area contributed by atoms with E-state index in [1.54, 1.807) is 0 Å². The topological polar surface area (TPSA) is 55.1 Å². The first kappa shape index (κ1) is 14.5. The van der Waals surface area contributed by atoms with E-state index in [9.17, 15) is 4.79 Å². The molecule has 0 aromatic carbocycles. The zero-order valence-electron chi connectivity index (χ0n) is 11.7. The normalized spacial score (nSPS) is 24.9. The monoisotopic (exact) mass is 240 g/mol. The Bertz CT molecular complexity index is 243. The molecule has 0 heterocycles. The minimum Gasteiger partial charge on any atom is -0.356 e. The molecule has 3 heteroatoms. The van der Waals surface area contributed by atoms with Crippen LogP contribution in [0.2, 0.25) is 0 Å². The predicted octanol–water partition coefficient (Wildman–Crippen LogP) is 2.16. The second kappa shape index (κ2) is 6.39. The number of carbonyl (C=O) groups is 1. The highest BCUT2D eigenvalue weighted by Crippen LogP contribution is 2.24. The van der Waals surface area contributed by atoms with Crippen LogP contribution < -0.4 is 11.1 Å². The zero-order valence-corrected chi connectivity index (χ0v) is 11.7. The van der Waals surface area contributed by atoms with Crippen molar-refractivity contribution in [1.82, 2.24) is 5.32 Å². The summed E-state index contributed by atoms with van der Waals surface area (Å²) in [6.45, 7) is 9.67. The van der Waals surface area contributed by atoms with Crippen molar-refractivity contribution >= 4 is 5.91 Å². The van der Waals surface area contributed by atoms with Gasteiger partial charge in [-0.05, 0) is 30.6 Å². The van der Waals surface area contributed by atoms with E-state index in [0.717, 1.165) is 25.8 Å². The molecule has 1 saturated carbocycles. The predicted molar refractivity (Wildman–Crippen MR) is 71.5 cm³/mol. The van der Waals surface area contributed by atoms with E-state index in [1.165, 1.54) is 0 Å². The molecule has 2 atom stereocenters. The Morgan fingerprint density at radius 2 is 1.82 bits per heavy atom. The molecule has 1 fully saturated rings. The van der Waals surface area contributed by atoms with Gasteiger partial charge in [-0.2, -0.15) is 0 Å². The van der Waals surface area contributed by atoms with E-state index >= 15 is 0 Å². The zero-order chi connectivity index (χ0) is 13.0. The Hall–Kier alpha value is -0.570. The smallest absolute Gasteiger partial charge is 0.224 e. The van der Waals surface area contributed by atoms with E-state index in [1.807, 2.05) is 0 Å². The van der Waals surface area contributed by atoms with Gasteiger partial charge in [0.15, 0.2) is 0 Å². The average Bonchev–Trinajstić information content (AvgIpc) is 2.63. The van der Waals surface area contributed by atoms with Gasteiger partial charge in [0.25, 0.3) is 0 Å². The van der Waals surface area contributed by atoms with E-state index in [2.05, 4.69) is 33.0 Å². The average molecular weight is 240 g/mol. The Morgan fingerprint density at radius 3 is 2.24 bits per heavy atom. The van der Waals surface area contributed by atoms with Gasteiger partial charge in [-0.1, -0.05) is 34.1 Å². The van der Waals surface area contributed by atoms with E-state index < -0.39 is 0 Å². The number of carbonyl (C=O) groups excluding carboxylic acids is 1. The largest absolute Gasteiger partial charge is 0.356 e. The summed E-state index contributed by atoms with van der Waals surface area (Å²) in [6.07, 6.45) is 3.05. The Morgan fingerprint density at radius 1 is 1.24 bits per heavy atom. The van der Waals surface area contributed by atoms with Crippen LogP contribution in [-0.4, -0.2) is 18.5 Å². The summed E-state index contributed by atoms with van der Waals surface area (Å²) in [5, 5.41) is 3.10. The number of hydrogen-bond acceptors (Lipinski definition) is 2. The number of rotatable bonds is 5. The van der Waals surface area contributed by atoms with Crippen LogP contribution in [0.25, 0.3) is 0 Å². The number of nitrogens with one attached hydrogen (secondary N) is 1. The van der Waals surface area contributed by atoms with Crippen molar-refractivity contribution < 1.29 is 4.79 Å². The Balaban J connectivity index is 2.41. The highest BCUT2D eigenvalue weighted by atomic mass is 16.1. The summed E-state index contributed by atoms with van der Waals surface area (Å²) < 4.78 is 0. The maximum atomic E-state index is 12.0. The minimum atomic E-state index is 0.0509. The molecule has 0 aromatic rings. The first-order valence-electron chi connectivity index (χ1n) is 6.96. The standard InChI is InChI=1S/C14H28N2O/c1-9(2)12(10(3)4)8-16-14(17)11-6-5-7-13(11)15/h9-13H,5-8,15H2,1-4H3,(H,16,17). The third kappa shape index (κ3) is 3.98. The number of amides is 1. The molecular formula is C14H28N2O. The lowest BCUT2D eigenvalue weighted by Gasteiger charge is -2.26. The summed E-state index contributed by atoms with van der Waals surface area (Å²) >= 11 is 0. The molecule has 2 unspecified atom stereocenters. The summed E-state index contributed by atoms with van der Waals surface area (Å²) in [5.74, 6) is 1.98. The van der Waals surface area contributed by atoms with E-state index in [-0.39, 0.29) is 17.9 Å². The molecule has 0 aliphatic heterocycles. The molecule has 1 aliphatic carbocycles. The van der Waals surface area contributed by atoms with Gasteiger partial charge in [-0.3, -0.25) is 4.79 Å². The Labute approximate surface area is 106 Å². The summed E-state index contributed by atoms with van der Waals surface area (Å²) in [7, 11) is 0. The van der Waals surface area contributed by atoms with Gasteiger partial charge in [0.2, 0.25) is 5.91 Å². The fourth-order valence-corrected chi connectivity index (χ4v) is 2.90. The van der Waals surface area contributed by atoms with Crippen molar-refractivity contribution in [2.75, 3.05) is 6.54 Å². The van der Waals surface area contributed by atoms with Gasteiger partial charge in [0.1, 0.15) is 0 Å².